The number of ether oxygens (including phenoxy) is 1. The predicted octanol–water partition coefficient (Wildman–Crippen LogP) is 0.476. The van der Waals surface area contributed by atoms with Crippen molar-refractivity contribution in [3.8, 4) is 17.4 Å². The minimum Gasteiger partial charge on any atom is -0.502 e. The Balaban J connectivity index is 2.74. The highest BCUT2D eigenvalue weighted by Crippen LogP contribution is 2.38. The average molecular weight is 250 g/mol. The Kier molecular flexibility index (Phi) is 2.80. The number of hydrogen-bond donors (Lipinski definition) is 2. The second-order valence-electron chi connectivity index (χ2n) is 3.34. The summed E-state index contributed by atoms with van der Waals surface area (Å²) < 4.78 is 11.2. The molecule has 0 aromatic carbocycles. The van der Waals surface area contributed by atoms with Crippen LogP contribution in [0.2, 0.25) is 0 Å². The van der Waals surface area contributed by atoms with E-state index in [-0.39, 0.29) is 23.1 Å². The van der Waals surface area contributed by atoms with Gasteiger partial charge in [-0.2, -0.15) is 0 Å². The summed E-state index contributed by atoms with van der Waals surface area (Å²) in [6.45, 7) is 3.46. The van der Waals surface area contributed by atoms with E-state index in [1.165, 1.54) is 19.4 Å². The summed E-state index contributed by atoms with van der Waals surface area (Å²) in [5, 5.41) is 9.74. The maximum Gasteiger partial charge on any atom is 0.335 e. The summed E-state index contributed by atoms with van der Waals surface area (Å²) in [6, 6.07) is 1.15. The van der Waals surface area contributed by atoms with E-state index >= 15 is 0 Å². The van der Waals surface area contributed by atoms with Gasteiger partial charge in [-0.1, -0.05) is 6.58 Å². The van der Waals surface area contributed by atoms with Gasteiger partial charge in [-0.25, -0.2) is 9.36 Å². The van der Waals surface area contributed by atoms with Crippen molar-refractivity contribution >= 4 is 6.08 Å². The molecule has 18 heavy (non-hydrogen) atoms. The van der Waals surface area contributed by atoms with Gasteiger partial charge in [-0.3, -0.25) is 9.78 Å². The Labute approximate surface area is 101 Å². The molecule has 0 aliphatic rings. The van der Waals surface area contributed by atoms with Crippen LogP contribution in [0.4, 0.5) is 0 Å². The van der Waals surface area contributed by atoms with E-state index in [1.807, 2.05) is 0 Å². The highest BCUT2D eigenvalue weighted by atomic mass is 16.5. The monoisotopic (exact) mass is 250 g/mol. The predicted molar refractivity (Wildman–Crippen MR) is 63.2 cm³/mol. The third-order valence-corrected chi connectivity index (χ3v) is 2.28. The molecule has 2 aromatic heterocycles. The SMILES string of the molecule is C=Cc1oc(-n2ccc(=O)[nH]c2=O)c(OC)c1O. The number of aromatic nitrogens is 2. The molecule has 7 heteroatoms. The van der Waals surface area contributed by atoms with Crippen LogP contribution in [0.3, 0.4) is 0 Å². The van der Waals surface area contributed by atoms with Gasteiger partial charge >= 0.3 is 5.69 Å². The molecular weight excluding hydrogens is 240 g/mol. The fourth-order valence-electron chi connectivity index (χ4n) is 1.47. The summed E-state index contributed by atoms with van der Waals surface area (Å²) in [7, 11) is 1.32. The van der Waals surface area contributed by atoms with Crippen molar-refractivity contribution in [1.82, 2.24) is 9.55 Å². The lowest BCUT2D eigenvalue weighted by molar-refractivity contribution is 0.373. The van der Waals surface area contributed by atoms with Gasteiger partial charge in [0, 0.05) is 12.3 Å². The van der Waals surface area contributed by atoms with Crippen LogP contribution in [-0.4, -0.2) is 21.8 Å². The Hall–Kier alpha value is -2.70. The largest absolute Gasteiger partial charge is 0.502 e. The second-order valence-corrected chi connectivity index (χ2v) is 3.34. The topological polar surface area (TPSA) is 97.5 Å². The fourth-order valence-corrected chi connectivity index (χ4v) is 1.47. The lowest BCUT2D eigenvalue weighted by Gasteiger charge is -2.02. The third-order valence-electron chi connectivity index (χ3n) is 2.28. The van der Waals surface area contributed by atoms with Crippen LogP contribution in [0.1, 0.15) is 5.76 Å². The van der Waals surface area contributed by atoms with Gasteiger partial charge in [-0.15, -0.1) is 0 Å². The molecule has 0 atom stereocenters. The van der Waals surface area contributed by atoms with E-state index in [9.17, 15) is 14.7 Å². The van der Waals surface area contributed by atoms with Crippen molar-refractivity contribution in [3.63, 3.8) is 0 Å². The lowest BCUT2D eigenvalue weighted by Crippen LogP contribution is -2.27. The molecule has 0 aliphatic heterocycles. The van der Waals surface area contributed by atoms with Crippen LogP contribution in [0.25, 0.3) is 12.0 Å². The molecule has 0 aliphatic carbocycles. The van der Waals surface area contributed by atoms with Crippen molar-refractivity contribution < 1.29 is 14.3 Å². The van der Waals surface area contributed by atoms with E-state index in [0.717, 1.165) is 10.6 Å². The Morgan fingerprint density at radius 1 is 1.56 bits per heavy atom. The van der Waals surface area contributed by atoms with E-state index in [0.29, 0.717) is 0 Å². The van der Waals surface area contributed by atoms with Crippen LogP contribution >= 0.6 is 0 Å². The van der Waals surface area contributed by atoms with Crippen LogP contribution in [0, 0.1) is 0 Å². The maximum absolute atomic E-state index is 11.6. The first-order valence-electron chi connectivity index (χ1n) is 4.93. The fraction of sp³-hybridized carbons (Fsp3) is 0.0909. The molecule has 2 aromatic rings. The normalized spacial score (nSPS) is 10.3. The smallest absolute Gasteiger partial charge is 0.335 e. The van der Waals surface area contributed by atoms with Gasteiger partial charge in [0.05, 0.1) is 7.11 Å². The molecule has 0 spiro atoms. The summed E-state index contributed by atoms with van der Waals surface area (Å²) in [5.41, 5.74) is -1.24. The first kappa shape index (κ1) is 11.8. The molecule has 0 saturated carbocycles. The number of rotatable bonds is 3. The quantitative estimate of drug-likeness (QED) is 0.825. The number of H-pyrrole nitrogens is 1. The van der Waals surface area contributed by atoms with Crippen molar-refractivity contribution in [2.75, 3.05) is 7.11 Å². The van der Waals surface area contributed by atoms with Crippen LogP contribution in [-0.2, 0) is 0 Å². The lowest BCUT2D eigenvalue weighted by atomic mass is 10.4. The van der Waals surface area contributed by atoms with Crippen molar-refractivity contribution in [2.24, 2.45) is 0 Å². The molecule has 7 nitrogen and oxygen atoms in total. The maximum atomic E-state index is 11.6. The number of furan rings is 1. The summed E-state index contributed by atoms with van der Waals surface area (Å²) in [6.07, 6.45) is 2.49. The average Bonchev–Trinajstić information content (AvgIpc) is 2.65. The molecule has 2 N–H and O–H groups in total. The van der Waals surface area contributed by atoms with E-state index in [2.05, 4.69) is 11.6 Å². The molecule has 0 amide bonds. The first-order valence-corrected chi connectivity index (χ1v) is 4.93. The molecule has 94 valence electrons. The standard InChI is InChI=1S/C11H10N2O5/c1-3-6-8(15)9(17-2)10(18-6)13-5-4-7(14)12-11(13)16/h3-5,15H,1H2,2H3,(H,12,14,16). The Morgan fingerprint density at radius 3 is 2.83 bits per heavy atom. The number of aromatic hydroxyl groups is 1. The minimum atomic E-state index is -0.704. The van der Waals surface area contributed by atoms with Crippen molar-refractivity contribution in [1.29, 1.82) is 0 Å². The molecule has 2 heterocycles. The highest BCUT2D eigenvalue weighted by Gasteiger charge is 2.21. The second kappa shape index (κ2) is 4.28. The molecule has 0 bridgehead atoms. The van der Waals surface area contributed by atoms with Gasteiger partial charge in [0.25, 0.3) is 11.4 Å². The number of nitrogens with one attached hydrogen (secondary N) is 1. The Bertz CT molecular complexity index is 707. The molecule has 0 radical (unpaired) electrons. The number of nitrogens with zero attached hydrogens (tertiary/aromatic N) is 1. The number of hydrogen-bond acceptors (Lipinski definition) is 5. The van der Waals surface area contributed by atoms with Gasteiger partial charge in [0.1, 0.15) is 0 Å². The van der Waals surface area contributed by atoms with E-state index in [1.54, 1.807) is 0 Å². The number of methoxy groups -OCH3 is 1. The zero-order valence-corrected chi connectivity index (χ0v) is 9.47. The molecule has 2 rings (SSSR count). The van der Waals surface area contributed by atoms with Crippen LogP contribution in [0.15, 0.2) is 32.8 Å². The van der Waals surface area contributed by atoms with Crippen molar-refractivity contribution in [3.05, 3.63) is 45.4 Å². The van der Waals surface area contributed by atoms with Crippen molar-refractivity contribution in [2.45, 2.75) is 0 Å². The molecule has 0 unspecified atom stereocenters. The highest BCUT2D eigenvalue weighted by molar-refractivity contribution is 5.61. The van der Waals surface area contributed by atoms with Gasteiger partial charge in [-0.05, 0) is 6.08 Å². The number of aromatic amines is 1. The van der Waals surface area contributed by atoms with Gasteiger partial charge in [0.2, 0.25) is 11.5 Å². The van der Waals surface area contributed by atoms with Crippen LogP contribution in [0.5, 0.6) is 11.5 Å². The van der Waals surface area contributed by atoms with E-state index in [4.69, 9.17) is 9.15 Å². The third kappa shape index (κ3) is 1.71. The van der Waals surface area contributed by atoms with Crippen LogP contribution < -0.4 is 16.0 Å². The molecular formula is C11H10N2O5. The van der Waals surface area contributed by atoms with E-state index < -0.39 is 11.2 Å². The summed E-state index contributed by atoms with van der Waals surface area (Å²) in [5.74, 6) is -0.245. The summed E-state index contributed by atoms with van der Waals surface area (Å²) >= 11 is 0. The minimum absolute atomic E-state index is 0.0148. The Morgan fingerprint density at radius 2 is 2.28 bits per heavy atom. The zero-order chi connectivity index (χ0) is 13.3. The molecule has 0 fully saturated rings. The van der Waals surface area contributed by atoms with Gasteiger partial charge in [0.15, 0.2) is 5.76 Å². The zero-order valence-electron chi connectivity index (χ0n) is 9.47. The van der Waals surface area contributed by atoms with Gasteiger partial charge < -0.3 is 14.3 Å². The summed E-state index contributed by atoms with van der Waals surface area (Å²) in [4.78, 5) is 24.6. The molecule has 0 saturated heterocycles. The first-order chi connectivity index (χ1) is 8.58.